The molecule has 1 aromatic heterocycles. The molecule has 2 heterocycles. The first-order valence-corrected chi connectivity index (χ1v) is 12.1. The van der Waals surface area contributed by atoms with Gasteiger partial charge in [0.1, 0.15) is 11.4 Å². The summed E-state index contributed by atoms with van der Waals surface area (Å²) in [5, 5.41) is 2.75. The monoisotopic (exact) mass is 489 g/mol. The highest BCUT2D eigenvalue weighted by molar-refractivity contribution is 8.14. The second-order valence-electron chi connectivity index (χ2n) is 7.05. The van der Waals surface area contributed by atoms with Crippen LogP contribution < -0.4 is 9.64 Å². The minimum atomic E-state index is -0.274. The molecule has 0 saturated heterocycles. The van der Waals surface area contributed by atoms with Crippen molar-refractivity contribution >= 4 is 63.4 Å². The van der Waals surface area contributed by atoms with Gasteiger partial charge in [-0.15, -0.1) is 11.3 Å². The van der Waals surface area contributed by atoms with Crippen molar-refractivity contribution in [3.8, 4) is 5.75 Å². The van der Waals surface area contributed by atoms with E-state index in [9.17, 15) is 9.59 Å². The van der Waals surface area contributed by atoms with E-state index in [4.69, 9.17) is 16.3 Å². The van der Waals surface area contributed by atoms with Crippen molar-refractivity contribution in [2.75, 3.05) is 30.9 Å². The number of amidine groups is 1. The van der Waals surface area contributed by atoms with Crippen LogP contribution in [0.25, 0.3) is 6.08 Å². The maximum atomic E-state index is 13.2. The zero-order chi connectivity index (χ0) is 23.3. The van der Waals surface area contributed by atoms with Crippen LogP contribution in [0.4, 0.5) is 5.69 Å². The molecule has 0 fully saturated rings. The van der Waals surface area contributed by atoms with Gasteiger partial charge in [0.2, 0.25) is 5.91 Å². The molecule has 0 spiro atoms. The summed E-state index contributed by atoms with van der Waals surface area (Å²) in [5.41, 5.74) is 1.78. The van der Waals surface area contributed by atoms with Crippen molar-refractivity contribution in [1.82, 2.24) is 4.90 Å². The summed E-state index contributed by atoms with van der Waals surface area (Å²) < 4.78 is 5.22. The molecule has 0 radical (unpaired) electrons. The molecule has 3 rings (SSSR count). The topological polar surface area (TPSA) is 62.2 Å². The van der Waals surface area contributed by atoms with Gasteiger partial charge in [0, 0.05) is 18.0 Å². The zero-order valence-corrected chi connectivity index (χ0v) is 20.5. The highest BCUT2D eigenvalue weighted by atomic mass is 35.5. The van der Waals surface area contributed by atoms with Gasteiger partial charge in [-0.05, 0) is 49.6 Å². The van der Waals surface area contributed by atoms with Crippen LogP contribution in [0.1, 0.15) is 18.7 Å². The third kappa shape index (κ3) is 5.62. The third-order valence-electron chi connectivity index (χ3n) is 4.57. The number of aliphatic imine (C=N–C) groups is 1. The number of hydrogen-bond acceptors (Lipinski definition) is 6. The molecule has 9 heteroatoms. The van der Waals surface area contributed by atoms with Gasteiger partial charge in [-0.2, -0.15) is 0 Å². The van der Waals surface area contributed by atoms with E-state index in [0.29, 0.717) is 40.4 Å². The second kappa shape index (κ2) is 10.8. The summed E-state index contributed by atoms with van der Waals surface area (Å²) in [7, 11) is 1.53. The predicted molar refractivity (Wildman–Crippen MR) is 135 cm³/mol. The number of thioether (sulfide) groups is 1. The van der Waals surface area contributed by atoms with Crippen molar-refractivity contribution in [2.24, 2.45) is 4.99 Å². The number of ether oxygens (including phenoxy) is 1. The molecule has 0 bridgehead atoms. The standard InChI is InChI=1S/C23H24ClN3O3S2/c1-5-26(13-15(2)3)21(28)14-32-23-25-19(12-17-7-6-10-31-17)22(29)27(23)16-8-9-20(30-4)18(24)11-16/h6-12H,2,5,13-14H2,1,3-4H3/b19-12-. The quantitative estimate of drug-likeness (QED) is 0.372. The average molecular weight is 490 g/mol. The number of methoxy groups -OCH3 is 1. The lowest BCUT2D eigenvalue weighted by Crippen LogP contribution is -2.35. The van der Waals surface area contributed by atoms with Crippen LogP contribution in [0, 0.1) is 0 Å². The second-order valence-corrected chi connectivity index (χ2v) is 9.38. The zero-order valence-electron chi connectivity index (χ0n) is 18.1. The van der Waals surface area contributed by atoms with Crippen molar-refractivity contribution < 1.29 is 14.3 Å². The summed E-state index contributed by atoms with van der Waals surface area (Å²) in [6.07, 6.45) is 1.75. The van der Waals surface area contributed by atoms with Crippen LogP contribution in [-0.4, -0.2) is 47.8 Å². The van der Waals surface area contributed by atoms with Gasteiger partial charge in [0.15, 0.2) is 5.17 Å². The first kappa shape index (κ1) is 24.1. The Labute approximate surface area is 201 Å². The molecular formula is C23H24ClN3O3S2. The number of likely N-dealkylation sites (N-methyl/N-ethyl adjacent to an activating group) is 1. The fourth-order valence-corrected chi connectivity index (χ4v) is 4.86. The Morgan fingerprint density at radius 3 is 2.78 bits per heavy atom. The highest BCUT2D eigenvalue weighted by Crippen LogP contribution is 2.34. The van der Waals surface area contributed by atoms with E-state index in [-0.39, 0.29) is 17.6 Å². The Morgan fingerprint density at radius 2 is 2.19 bits per heavy atom. The van der Waals surface area contributed by atoms with Gasteiger partial charge in [-0.3, -0.25) is 14.5 Å². The summed E-state index contributed by atoms with van der Waals surface area (Å²) in [4.78, 5) is 34.6. The van der Waals surface area contributed by atoms with Crippen LogP contribution in [0.5, 0.6) is 5.75 Å². The first-order valence-electron chi connectivity index (χ1n) is 9.90. The number of anilines is 1. The number of hydrogen-bond donors (Lipinski definition) is 0. The van der Waals surface area contributed by atoms with Crippen molar-refractivity contribution in [1.29, 1.82) is 0 Å². The van der Waals surface area contributed by atoms with E-state index in [1.54, 1.807) is 29.2 Å². The highest BCUT2D eigenvalue weighted by Gasteiger charge is 2.33. The number of carbonyl (C=O) groups excluding carboxylic acids is 2. The largest absolute Gasteiger partial charge is 0.495 e. The molecular weight excluding hydrogens is 466 g/mol. The number of thiophene rings is 1. The Balaban J connectivity index is 1.89. The lowest BCUT2D eigenvalue weighted by Gasteiger charge is -2.22. The molecule has 1 aromatic carbocycles. The summed E-state index contributed by atoms with van der Waals surface area (Å²) in [5.74, 6) is 0.346. The molecule has 0 unspecified atom stereocenters. The molecule has 6 nitrogen and oxygen atoms in total. The molecule has 0 N–H and O–H groups in total. The Morgan fingerprint density at radius 1 is 1.41 bits per heavy atom. The van der Waals surface area contributed by atoms with Crippen molar-refractivity contribution in [3.63, 3.8) is 0 Å². The maximum Gasteiger partial charge on any atom is 0.283 e. The van der Waals surface area contributed by atoms with E-state index >= 15 is 0 Å². The number of rotatable bonds is 8. The third-order valence-corrected chi connectivity index (χ3v) is 6.60. The fourth-order valence-electron chi connectivity index (χ4n) is 3.04. The average Bonchev–Trinajstić information content (AvgIpc) is 3.38. The van der Waals surface area contributed by atoms with Crippen LogP contribution in [0.3, 0.4) is 0 Å². The summed E-state index contributed by atoms with van der Waals surface area (Å²) in [6, 6.07) is 8.93. The Kier molecular flexibility index (Phi) is 8.17. The molecule has 2 amide bonds. The normalized spacial score (nSPS) is 14.6. The van der Waals surface area contributed by atoms with Crippen LogP contribution in [0.2, 0.25) is 5.02 Å². The lowest BCUT2D eigenvalue weighted by molar-refractivity contribution is -0.127. The molecule has 1 aliphatic heterocycles. The van der Waals surface area contributed by atoms with Crippen molar-refractivity contribution in [2.45, 2.75) is 13.8 Å². The van der Waals surface area contributed by atoms with Gasteiger partial charge >= 0.3 is 0 Å². The van der Waals surface area contributed by atoms with Gasteiger partial charge in [-0.25, -0.2) is 4.99 Å². The lowest BCUT2D eigenvalue weighted by atomic mass is 10.2. The van der Waals surface area contributed by atoms with E-state index in [1.165, 1.54) is 35.1 Å². The molecule has 0 saturated carbocycles. The summed E-state index contributed by atoms with van der Waals surface area (Å²) in [6.45, 7) is 8.79. The maximum absolute atomic E-state index is 13.2. The van der Waals surface area contributed by atoms with E-state index in [2.05, 4.69) is 11.6 Å². The predicted octanol–water partition coefficient (Wildman–Crippen LogP) is 5.31. The van der Waals surface area contributed by atoms with Crippen LogP contribution in [-0.2, 0) is 9.59 Å². The van der Waals surface area contributed by atoms with E-state index in [1.807, 2.05) is 31.4 Å². The molecule has 2 aromatic rings. The number of amides is 2. The minimum absolute atomic E-state index is 0.0425. The first-order chi connectivity index (χ1) is 15.3. The number of halogens is 1. The number of nitrogens with zero attached hydrogens (tertiary/aromatic N) is 3. The smallest absolute Gasteiger partial charge is 0.283 e. The molecule has 1 aliphatic rings. The van der Waals surface area contributed by atoms with Gasteiger partial charge in [-0.1, -0.05) is 41.6 Å². The van der Waals surface area contributed by atoms with Crippen LogP contribution >= 0.6 is 34.7 Å². The fraction of sp³-hybridized carbons (Fsp3) is 0.261. The van der Waals surface area contributed by atoms with E-state index in [0.717, 1.165) is 10.5 Å². The SMILES string of the molecule is C=C(C)CN(CC)C(=O)CSC1=N/C(=C\c2cccs2)C(=O)N1c1ccc(OC)c(Cl)c1. The molecule has 168 valence electrons. The molecule has 0 atom stereocenters. The minimum Gasteiger partial charge on any atom is -0.495 e. The van der Waals surface area contributed by atoms with Gasteiger partial charge in [0.25, 0.3) is 5.91 Å². The number of benzene rings is 1. The Bertz CT molecular complexity index is 1080. The van der Waals surface area contributed by atoms with Gasteiger partial charge in [0.05, 0.1) is 23.6 Å². The van der Waals surface area contributed by atoms with Crippen molar-refractivity contribution in [3.05, 3.63) is 63.5 Å². The Hall–Kier alpha value is -2.55. The van der Waals surface area contributed by atoms with Crippen LogP contribution in [0.15, 0.2) is 58.6 Å². The van der Waals surface area contributed by atoms with E-state index < -0.39 is 0 Å². The number of carbonyl (C=O) groups is 2. The van der Waals surface area contributed by atoms with Gasteiger partial charge < -0.3 is 9.64 Å². The summed E-state index contributed by atoms with van der Waals surface area (Å²) >= 11 is 9.04. The molecule has 32 heavy (non-hydrogen) atoms. The molecule has 0 aliphatic carbocycles.